The third-order valence-electron chi connectivity index (χ3n) is 2.34. The first-order valence-electron chi connectivity index (χ1n) is 5.14. The molecule has 0 aliphatic carbocycles. The summed E-state index contributed by atoms with van der Waals surface area (Å²) in [6, 6.07) is 7.32. The third-order valence-corrected chi connectivity index (χ3v) is 5.60. The van der Waals surface area contributed by atoms with E-state index in [2.05, 4.69) is 43.2 Å². The van der Waals surface area contributed by atoms with Gasteiger partial charge in [0, 0.05) is 27.6 Å². The summed E-state index contributed by atoms with van der Waals surface area (Å²) in [6.07, 6.45) is 0. The molecule has 96 valence electrons. The quantitative estimate of drug-likeness (QED) is 0.798. The number of methoxy groups -OCH3 is 1. The number of thiophene rings is 1. The predicted octanol–water partition coefficient (Wildman–Crippen LogP) is 4.60. The average molecular weight is 393 g/mol. The van der Waals surface area contributed by atoms with Crippen molar-refractivity contribution < 1.29 is 9.84 Å². The van der Waals surface area contributed by atoms with E-state index >= 15 is 0 Å². The third kappa shape index (κ3) is 3.18. The molecule has 3 nitrogen and oxygen atoms in total. The monoisotopic (exact) mass is 391 g/mol. The highest BCUT2D eigenvalue weighted by Crippen LogP contribution is 2.33. The molecule has 0 saturated carbocycles. The van der Waals surface area contributed by atoms with Crippen molar-refractivity contribution in [1.82, 2.24) is 0 Å². The Labute approximate surface area is 126 Å². The van der Waals surface area contributed by atoms with Crippen molar-refractivity contribution >= 4 is 48.9 Å². The first-order valence-corrected chi connectivity index (χ1v) is 7.55. The fourth-order valence-electron chi connectivity index (χ4n) is 1.47. The summed E-state index contributed by atoms with van der Waals surface area (Å²) in [6.45, 7) is 0.709. The van der Waals surface area contributed by atoms with Crippen LogP contribution in [-0.4, -0.2) is 12.2 Å². The lowest BCUT2D eigenvalue weighted by Gasteiger charge is -2.07. The average Bonchev–Trinajstić information content (AvgIpc) is 2.66. The summed E-state index contributed by atoms with van der Waals surface area (Å²) in [5.74, 6) is 0.609. The van der Waals surface area contributed by atoms with Crippen LogP contribution in [0.4, 0.5) is 5.69 Å². The Morgan fingerprint density at radius 1 is 1.33 bits per heavy atom. The Bertz CT molecular complexity index is 538. The van der Waals surface area contributed by atoms with Crippen molar-refractivity contribution in [3.63, 3.8) is 0 Å². The lowest BCUT2D eigenvalue weighted by atomic mass is 10.2. The van der Waals surface area contributed by atoms with E-state index in [0.717, 1.165) is 13.9 Å². The number of hydrogen-bond acceptors (Lipinski definition) is 4. The molecule has 1 heterocycles. The van der Waals surface area contributed by atoms with Crippen LogP contribution in [-0.2, 0) is 6.54 Å². The van der Waals surface area contributed by atoms with Crippen molar-refractivity contribution in [2.45, 2.75) is 6.54 Å². The second kappa shape index (κ2) is 5.95. The molecule has 1 aromatic carbocycles. The molecule has 0 amide bonds. The van der Waals surface area contributed by atoms with Gasteiger partial charge in [0.2, 0.25) is 0 Å². The number of halogens is 2. The van der Waals surface area contributed by atoms with Gasteiger partial charge in [0.15, 0.2) is 11.5 Å². The number of hydrogen-bond donors (Lipinski definition) is 2. The summed E-state index contributed by atoms with van der Waals surface area (Å²) in [5.41, 5.74) is 0.856. The molecule has 0 spiro atoms. The van der Waals surface area contributed by atoms with Crippen LogP contribution in [0.25, 0.3) is 0 Å². The molecule has 0 aliphatic heterocycles. The minimum absolute atomic E-state index is 0.135. The van der Waals surface area contributed by atoms with Crippen LogP contribution in [0.3, 0.4) is 0 Å². The van der Waals surface area contributed by atoms with Gasteiger partial charge in [-0.15, -0.1) is 11.3 Å². The number of anilines is 1. The number of phenols is 1. The lowest BCUT2D eigenvalue weighted by molar-refractivity contribution is 0.373. The molecule has 2 aromatic rings. The highest BCUT2D eigenvalue weighted by atomic mass is 79.9. The van der Waals surface area contributed by atoms with Crippen molar-refractivity contribution in [3.8, 4) is 11.5 Å². The molecule has 1 aromatic heterocycles. The van der Waals surface area contributed by atoms with E-state index in [-0.39, 0.29) is 5.75 Å². The SMILES string of the molecule is COc1ccc(NCc2cc(Br)c(Br)s2)cc1O. The number of aromatic hydroxyl groups is 1. The van der Waals surface area contributed by atoms with Gasteiger partial charge in [0.25, 0.3) is 0 Å². The van der Waals surface area contributed by atoms with Gasteiger partial charge >= 0.3 is 0 Å². The molecule has 0 aliphatic rings. The van der Waals surface area contributed by atoms with Gasteiger partial charge in [-0.05, 0) is 50.1 Å². The van der Waals surface area contributed by atoms with Crippen molar-refractivity contribution in [3.05, 3.63) is 37.4 Å². The van der Waals surface area contributed by atoms with E-state index in [1.807, 2.05) is 6.07 Å². The Morgan fingerprint density at radius 2 is 2.11 bits per heavy atom. The number of ether oxygens (including phenoxy) is 1. The molecule has 0 unspecified atom stereocenters. The Hall–Kier alpha value is -0.720. The van der Waals surface area contributed by atoms with Crippen LogP contribution in [0.15, 0.2) is 32.5 Å². The van der Waals surface area contributed by atoms with Gasteiger partial charge in [0.1, 0.15) is 0 Å². The van der Waals surface area contributed by atoms with Gasteiger partial charge in [-0.25, -0.2) is 0 Å². The van der Waals surface area contributed by atoms with E-state index in [1.54, 1.807) is 23.5 Å². The molecule has 18 heavy (non-hydrogen) atoms. The minimum Gasteiger partial charge on any atom is -0.504 e. The van der Waals surface area contributed by atoms with E-state index in [1.165, 1.54) is 12.0 Å². The Kier molecular flexibility index (Phi) is 4.53. The normalized spacial score (nSPS) is 10.4. The molecular weight excluding hydrogens is 382 g/mol. The molecular formula is C12H11Br2NO2S. The summed E-state index contributed by atoms with van der Waals surface area (Å²) in [7, 11) is 1.53. The number of benzene rings is 1. The van der Waals surface area contributed by atoms with Crippen LogP contribution in [0.2, 0.25) is 0 Å². The van der Waals surface area contributed by atoms with Crippen LogP contribution >= 0.6 is 43.2 Å². The fourth-order valence-corrected chi connectivity index (χ4v) is 3.58. The van der Waals surface area contributed by atoms with E-state index in [9.17, 15) is 5.11 Å². The molecule has 0 fully saturated rings. The molecule has 0 saturated heterocycles. The van der Waals surface area contributed by atoms with E-state index in [0.29, 0.717) is 12.3 Å². The molecule has 2 rings (SSSR count). The largest absolute Gasteiger partial charge is 0.504 e. The lowest BCUT2D eigenvalue weighted by Crippen LogP contribution is -1.97. The summed E-state index contributed by atoms with van der Waals surface area (Å²) in [4.78, 5) is 1.20. The zero-order valence-corrected chi connectivity index (χ0v) is 13.5. The second-order valence-electron chi connectivity index (χ2n) is 3.57. The van der Waals surface area contributed by atoms with Gasteiger partial charge in [-0.1, -0.05) is 0 Å². The maximum Gasteiger partial charge on any atom is 0.160 e. The molecule has 2 N–H and O–H groups in total. The first-order chi connectivity index (χ1) is 8.60. The zero-order valence-electron chi connectivity index (χ0n) is 9.54. The van der Waals surface area contributed by atoms with Crippen LogP contribution in [0, 0.1) is 0 Å². The number of nitrogens with one attached hydrogen (secondary N) is 1. The van der Waals surface area contributed by atoms with Gasteiger partial charge in [0.05, 0.1) is 10.9 Å². The number of rotatable bonds is 4. The summed E-state index contributed by atoms with van der Waals surface area (Å²) >= 11 is 8.58. The Morgan fingerprint density at radius 3 is 2.67 bits per heavy atom. The first kappa shape index (κ1) is 13.7. The smallest absolute Gasteiger partial charge is 0.160 e. The van der Waals surface area contributed by atoms with Crippen molar-refractivity contribution in [2.24, 2.45) is 0 Å². The maximum atomic E-state index is 9.66. The van der Waals surface area contributed by atoms with Crippen molar-refractivity contribution in [1.29, 1.82) is 0 Å². The highest BCUT2D eigenvalue weighted by Gasteiger charge is 2.05. The molecule has 0 atom stereocenters. The summed E-state index contributed by atoms with van der Waals surface area (Å²) < 4.78 is 7.13. The fraction of sp³-hybridized carbons (Fsp3) is 0.167. The van der Waals surface area contributed by atoms with E-state index in [4.69, 9.17) is 4.74 Å². The maximum absolute atomic E-state index is 9.66. The molecule has 0 radical (unpaired) electrons. The van der Waals surface area contributed by atoms with Crippen LogP contribution in [0.1, 0.15) is 4.88 Å². The Balaban J connectivity index is 2.04. The predicted molar refractivity (Wildman–Crippen MR) is 81.7 cm³/mol. The van der Waals surface area contributed by atoms with Gasteiger partial charge in [-0.3, -0.25) is 0 Å². The summed E-state index contributed by atoms with van der Waals surface area (Å²) in [5, 5.41) is 12.9. The minimum atomic E-state index is 0.135. The van der Waals surface area contributed by atoms with Crippen LogP contribution < -0.4 is 10.1 Å². The van der Waals surface area contributed by atoms with Gasteiger partial charge in [-0.2, -0.15) is 0 Å². The highest BCUT2D eigenvalue weighted by molar-refractivity contribution is 9.13. The second-order valence-corrected chi connectivity index (χ2v) is 6.88. The molecule has 0 bridgehead atoms. The number of phenolic OH excluding ortho intramolecular Hbond substituents is 1. The van der Waals surface area contributed by atoms with Crippen LogP contribution in [0.5, 0.6) is 11.5 Å². The zero-order chi connectivity index (χ0) is 13.1. The van der Waals surface area contributed by atoms with Gasteiger partial charge < -0.3 is 15.2 Å². The van der Waals surface area contributed by atoms with Crippen molar-refractivity contribution in [2.75, 3.05) is 12.4 Å². The topological polar surface area (TPSA) is 41.5 Å². The van der Waals surface area contributed by atoms with E-state index < -0.39 is 0 Å². The molecule has 6 heteroatoms. The standard InChI is InChI=1S/C12H11Br2NO2S/c1-17-11-3-2-7(4-10(11)16)15-6-8-5-9(13)12(14)18-8/h2-5,15-16H,6H2,1H3.